The number of fused-ring (bicyclic) bond motifs is 4. The van der Waals surface area contributed by atoms with E-state index in [2.05, 4.69) is 15.2 Å². The molecule has 3 aromatic rings. The lowest BCUT2D eigenvalue weighted by Gasteiger charge is -2.35. The van der Waals surface area contributed by atoms with Gasteiger partial charge >= 0.3 is 6.18 Å². The Hall–Kier alpha value is -2.46. The number of amides is 1. The zero-order valence-corrected chi connectivity index (χ0v) is 16.3. The van der Waals surface area contributed by atoms with Gasteiger partial charge < -0.3 is 9.47 Å². The Morgan fingerprint density at radius 1 is 1.24 bits per heavy atom. The monoisotopic (exact) mass is 439 g/mol. The van der Waals surface area contributed by atoms with Crippen LogP contribution >= 0.6 is 22.9 Å². The molecule has 2 aliphatic heterocycles. The zero-order chi connectivity index (χ0) is 20.3. The molecule has 1 saturated heterocycles. The molecule has 1 aromatic carbocycles. The van der Waals surface area contributed by atoms with Crippen LogP contribution in [-0.4, -0.2) is 36.6 Å². The fourth-order valence-electron chi connectivity index (χ4n) is 4.14. The highest BCUT2D eigenvalue weighted by atomic mass is 35.5. The normalized spacial score (nSPS) is 20.8. The maximum absolute atomic E-state index is 13.2. The maximum Gasteiger partial charge on any atom is 0.417 e. The van der Waals surface area contributed by atoms with E-state index in [0.717, 1.165) is 17.4 Å². The predicted molar refractivity (Wildman–Crippen MR) is 99.5 cm³/mol. The lowest BCUT2D eigenvalue weighted by atomic mass is 10.1. The first-order valence-electron chi connectivity index (χ1n) is 8.86. The van der Waals surface area contributed by atoms with Gasteiger partial charge in [-0.3, -0.25) is 9.78 Å². The van der Waals surface area contributed by atoms with Crippen molar-refractivity contribution in [3.63, 3.8) is 0 Å². The molecule has 2 atom stereocenters. The van der Waals surface area contributed by atoms with E-state index in [0.29, 0.717) is 24.6 Å². The summed E-state index contributed by atoms with van der Waals surface area (Å²) >= 11 is 7.44. The van der Waals surface area contributed by atoms with Crippen molar-refractivity contribution < 1.29 is 18.0 Å². The highest BCUT2D eigenvalue weighted by Gasteiger charge is 2.46. The quantitative estimate of drug-likeness (QED) is 0.592. The lowest BCUT2D eigenvalue weighted by Crippen LogP contribution is -2.44. The van der Waals surface area contributed by atoms with Crippen LogP contribution in [0.3, 0.4) is 0 Å². The summed E-state index contributed by atoms with van der Waals surface area (Å²) in [5.41, 5.74) is 0.555. The number of hydrogen-bond acceptors (Lipinski definition) is 5. The Labute approximate surface area is 171 Å². The van der Waals surface area contributed by atoms with E-state index >= 15 is 0 Å². The van der Waals surface area contributed by atoms with Gasteiger partial charge in [0.05, 0.1) is 38.6 Å². The number of thiazole rings is 1. The van der Waals surface area contributed by atoms with Gasteiger partial charge in [0.1, 0.15) is 0 Å². The number of halogens is 4. The van der Waals surface area contributed by atoms with Gasteiger partial charge in [-0.1, -0.05) is 17.7 Å². The Bertz CT molecular complexity index is 1100. The van der Waals surface area contributed by atoms with Gasteiger partial charge in [-0.2, -0.15) is 13.2 Å². The molecule has 11 heteroatoms. The number of aromatic nitrogens is 4. The number of hydrogen-bond donors (Lipinski definition) is 0. The summed E-state index contributed by atoms with van der Waals surface area (Å²) in [4.78, 5) is 19.8. The molecular formula is C18H13ClF3N5OS. The number of benzene rings is 1. The average molecular weight is 440 g/mol. The second-order valence-electron chi connectivity index (χ2n) is 6.98. The number of alkyl halides is 3. The topological polar surface area (TPSA) is 63.9 Å². The van der Waals surface area contributed by atoms with Gasteiger partial charge in [-0.05, 0) is 25.0 Å². The van der Waals surface area contributed by atoms with Crippen LogP contribution in [-0.2, 0) is 12.7 Å². The Morgan fingerprint density at radius 2 is 2.07 bits per heavy atom. The van der Waals surface area contributed by atoms with E-state index in [1.807, 2.05) is 4.57 Å². The molecule has 0 N–H and O–H groups in total. The molecule has 6 nitrogen and oxygen atoms in total. The van der Waals surface area contributed by atoms with E-state index < -0.39 is 22.7 Å². The first-order chi connectivity index (χ1) is 13.9. The van der Waals surface area contributed by atoms with Crippen LogP contribution in [0, 0.1) is 0 Å². The average Bonchev–Trinajstić information content (AvgIpc) is 3.39. The molecule has 150 valence electrons. The smallest absolute Gasteiger partial charge is 0.324 e. The molecule has 0 saturated carbocycles. The summed E-state index contributed by atoms with van der Waals surface area (Å²) in [5.74, 6) is 0.824. The number of carbonyl (C=O) groups excluding carboxylic acids is 1. The molecule has 5 rings (SSSR count). The standard InChI is InChI=1S/C18H13ClF3N5OS/c19-14-10(2-1-3-11(14)18(20,21)22)17(28)27-9-4-5-12(27)15-24-25-16(26(15)7-9)13-6-23-8-29-13/h1-3,6,8-9,12H,4-5,7H2/t9-,12-/m1/s1. The SMILES string of the molecule is O=C(c1cccc(C(F)(F)F)c1Cl)N1[C@@H]2CC[C@@H]1c1nnc(-c3cncs3)n1C2. The van der Waals surface area contributed by atoms with E-state index in [9.17, 15) is 18.0 Å². The van der Waals surface area contributed by atoms with Gasteiger partial charge in [0.15, 0.2) is 11.6 Å². The van der Waals surface area contributed by atoms with Crippen molar-refractivity contribution >= 4 is 28.8 Å². The first-order valence-corrected chi connectivity index (χ1v) is 10.1. The zero-order valence-electron chi connectivity index (χ0n) is 14.7. The summed E-state index contributed by atoms with van der Waals surface area (Å²) in [6.07, 6.45) is -1.51. The van der Waals surface area contributed by atoms with Crippen molar-refractivity contribution in [2.45, 2.75) is 37.6 Å². The van der Waals surface area contributed by atoms with Gasteiger partial charge in [-0.15, -0.1) is 21.5 Å². The van der Waals surface area contributed by atoms with E-state index in [1.54, 1.807) is 16.6 Å². The van der Waals surface area contributed by atoms with Gasteiger partial charge in [0, 0.05) is 12.7 Å². The van der Waals surface area contributed by atoms with Crippen molar-refractivity contribution in [1.82, 2.24) is 24.6 Å². The summed E-state index contributed by atoms with van der Waals surface area (Å²) < 4.78 is 41.6. The van der Waals surface area contributed by atoms with Crippen LogP contribution in [0.25, 0.3) is 10.7 Å². The lowest BCUT2D eigenvalue weighted by molar-refractivity contribution is -0.137. The number of nitrogens with zero attached hydrogens (tertiary/aromatic N) is 5. The van der Waals surface area contributed by atoms with Gasteiger partial charge in [0.2, 0.25) is 0 Å². The van der Waals surface area contributed by atoms with Crippen molar-refractivity contribution in [2.24, 2.45) is 0 Å². The summed E-state index contributed by atoms with van der Waals surface area (Å²) in [6, 6.07) is 2.91. The third-order valence-corrected chi connectivity index (χ3v) is 6.57. The summed E-state index contributed by atoms with van der Waals surface area (Å²) in [7, 11) is 0. The Morgan fingerprint density at radius 3 is 2.79 bits per heavy atom. The van der Waals surface area contributed by atoms with Crippen molar-refractivity contribution in [3.8, 4) is 10.7 Å². The third-order valence-electron chi connectivity index (χ3n) is 5.40. The molecule has 1 amide bonds. The van der Waals surface area contributed by atoms with Crippen LogP contribution < -0.4 is 0 Å². The third kappa shape index (κ3) is 2.84. The molecule has 2 aromatic heterocycles. The fourth-order valence-corrected chi connectivity index (χ4v) is 5.07. The molecule has 0 radical (unpaired) electrons. The van der Waals surface area contributed by atoms with Crippen molar-refractivity contribution in [1.29, 1.82) is 0 Å². The summed E-state index contributed by atoms with van der Waals surface area (Å²) in [6.45, 7) is 0.481. The highest BCUT2D eigenvalue weighted by molar-refractivity contribution is 7.13. The Balaban J connectivity index is 1.53. The molecule has 0 aliphatic carbocycles. The number of rotatable bonds is 2. The molecule has 2 bridgehead atoms. The molecule has 1 fully saturated rings. The molecule has 29 heavy (non-hydrogen) atoms. The summed E-state index contributed by atoms with van der Waals surface area (Å²) in [5, 5.41) is 7.97. The predicted octanol–water partition coefficient (Wildman–Crippen LogP) is 4.43. The van der Waals surface area contributed by atoms with Gasteiger partial charge in [-0.25, -0.2) is 0 Å². The van der Waals surface area contributed by atoms with E-state index in [-0.39, 0.29) is 17.6 Å². The minimum Gasteiger partial charge on any atom is -0.324 e. The van der Waals surface area contributed by atoms with Crippen LogP contribution in [0.4, 0.5) is 13.2 Å². The molecule has 2 aliphatic rings. The molecule has 0 spiro atoms. The van der Waals surface area contributed by atoms with Crippen LogP contribution in [0.15, 0.2) is 29.9 Å². The molecular weight excluding hydrogens is 427 g/mol. The molecule has 0 unspecified atom stereocenters. The van der Waals surface area contributed by atoms with Crippen LogP contribution in [0.5, 0.6) is 0 Å². The van der Waals surface area contributed by atoms with Crippen molar-refractivity contribution in [2.75, 3.05) is 0 Å². The number of carbonyl (C=O) groups is 1. The van der Waals surface area contributed by atoms with E-state index in [4.69, 9.17) is 11.6 Å². The second kappa shape index (κ2) is 6.53. The minimum atomic E-state index is -4.63. The first kappa shape index (κ1) is 18.6. The second-order valence-corrected chi connectivity index (χ2v) is 8.25. The van der Waals surface area contributed by atoms with Crippen LogP contribution in [0.1, 0.15) is 40.6 Å². The van der Waals surface area contributed by atoms with Crippen LogP contribution in [0.2, 0.25) is 5.02 Å². The Kier molecular flexibility index (Phi) is 4.18. The molecule has 4 heterocycles. The highest BCUT2D eigenvalue weighted by Crippen LogP contribution is 2.44. The fraction of sp³-hybridized carbons (Fsp3) is 0.333. The maximum atomic E-state index is 13.2. The van der Waals surface area contributed by atoms with Crippen molar-refractivity contribution in [3.05, 3.63) is 51.9 Å². The van der Waals surface area contributed by atoms with Gasteiger partial charge in [0.25, 0.3) is 5.91 Å². The van der Waals surface area contributed by atoms with E-state index in [1.165, 1.54) is 23.5 Å². The minimum absolute atomic E-state index is 0.144. The largest absolute Gasteiger partial charge is 0.417 e.